The number of nitrogens with zero attached hydrogens (tertiary/aromatic N) is 1. The van der Waals surface area contributed by atoms with Crippen molar-refractivity contribution < 1.29 is 4.74 Å². The number of nitrogen functional groups attached to an aromatic ring is 1. The summed E-state index contributed by atoms with van der Waals surface area (Å²) in [5.74, 6) is 0. The van der Waals surface area contributed by atoms with E-state index >= 15 is 0 Å². The Balaban J connectivity index is 2.08. The Hall–Kier alpha value is -1.32. The second-order valence-electron chi connectivity index (χ2n) is 4.94. The van der Waals surface area contributed by atoms with Gasteiger partial charge in [-0.25, -0.2) is 0 Å². The highest BCUT2D eigenvalue weighted by Gasteiger charge is 2.20. The number of likely N-dealkylation sites (N-methyl/N-ethyl adjacent to an activating group) is 1. The van der Waals surface area contributed by atoms with Crippen LogP contribution in [0.2, 0.25) is 0 Å². The van der Waals surface area contributed by atoms with Crippen molar-refractivity contribution in [3.63, 3.8) is 0 Å². The van der Waals surface area contributed by atoms with E-state index in [0.717, 1.165) is 38.4 Å². The molecule has 0 fully saturated rings. The number of benzene rings is 1. The van der Waals surface area contributed by atoms with Crippen molar-refractivity contribution in [2.75, 3.05) is 32.5 Å². The van der Waals surface area contributed by atoms with E-state index in [1.54, 1.807) is 0 Å². The number of rotatable bonds is 1. The van der Waals surface area contributed by atoms with Gasteiger partial charge in [0.25, 0.3) is 0 Å². The van der Waals surface area contributed by atoms with E-state index in [0.29, 0.717) is 0 Å². The highest BCUT2D eigenvalue weighted by atomic mass is 16.5. The number of hydrogen-bond acceptors (Lipinski definition) is 3. The summed E-state index contributed by atoms with van der Waals surface area (Å²) < 4.78 is 5.42. The minimum atomic E-state index is 0.728. The summed E-state index contributed by atoms with van der Waals surface area (Å²) in [7, 11) is 2.16. The monoisotopic (exact) mass is 230 g/mol. The third kappa shape index (κ3) is 1.96. The Morgan fingerprint density at radius 1 is 1.35 bits per heavy atom. The van der Waals surface area contributed by atoms with Gasteiger partial charge in [-0.1, -0.05) is 6.08 Å². The lowest BCUT2D eigenvalue weighted by molar-refractivity contribution is 0.216. The van der Waals surface area contributed by atoms with Crippen LogP contribution in [0.5, 0.6) is 0 Å². The molecule has 2 aliphatic heterocycles. The molecule has 0 amide bonds. The van der Waals surface area contributed by atoms with Gasteiger partial charge in [-0.05, 0) is 47.9 Å². The molecule has 0 atom stereocenters. The first-order valence-electron chi connectivity index (χ1n) is 6.11. The van der Waals surface area contributed by atoms with E-state index in [4.69, 9.17) is 10.5 Å². The molecule has 0 aromatic heterocycles. The van der Waals surface area contributed by atoms with E-state index in [1.807, 2.05) is 0 Å². The van der Waals surface area contributed by atoms with Crippen molar-refractivity contribution in [1.29, 1.82) is 0 Å². The molecule has 2 N–H and O–H groups in total. The van der Waals surface area contributed by atoms with Crippen molar-refractivity contribution in [2.24, 2.45) is 0 Å². The molecule has 0 bridgehead atoms. The van der Waals surface area contributed by atoms with Gasteiger partial charge in [0.1, 0.15) is 0 Å². The summed E-state index contributed by atoms with van der Waals surface area (Å²) in [4.78, 5) is 2.34. The first kappa shape index (κ1) is 10.8. The minimum absolute atomic E-state index is 0.728. The fourth-order valence-corrected chi connectivity index (χ4v) is 2.73. The summed E-state index contributed by atoms with van der Waals surface area (Å²) in [6.07, 6.45) is 3.28. The van der Waals surface area contributed by atoms with Crippen LogP contribution in [-0.2, 0) is 17.7 Å². The number of fused-ring (bicyclic) bond motifs is 1. The molecular weight excluding hydrogens is 212 g/mol. The molecule has 3 nitrogen and oxygen atoms in total. The SMILES string of the molecule is CN1CCc2c(cc(N)cc2C2=CCOC2)C1. The van der Waals surface area contributed by atoms with Gasteiger partial charge < -0.3 is 15.4 Å². The molecule has 0 unspecified atom stereocenters. The van der Waals surface area contributed by atoms with Crippen LogP contribution in [0.4, 0.5) is 5.69 Å². The largest absolute Gasteiger partial charge is 0.399 e. The van der Waals surface area contributed by atoms with Crippen LogP contribution >= 0.6 is 0 Å². The van der Waals surface area contributed by atoms with Crippen LogP contribution in [0.1, 0.15) is 16.7 Å². The lowest BCUT2D eigenvalue weighted by atomic mass is 9.90. The van der Waals surface area contributed by atoms with E-state index in [2.05, 4.69) is 30.2 Å². The van der Waals surface area contributed by atoms with Gasteiger partial charge in [0.2, 0.25) is 0 Å². The molecule has 2 aliphatic rings. The standard InChI is InChI=1S/C14H18N2O/c1-16-4-2-13-11(8-16)6-12(15)7-14(13)10-3-5-17-9-10/h3,6-7H,2,4-5,8-9,15H2,1H3. The highest BCUT2D eigenvalue weighted by Crippen LogP contribution is 2.31. The van der Waals surface area contributed by atoms with E-state index in [9.17, 15) is 0 Å². The van der Waals surface area contributed by atoms with Crippen molar-refractivity contribution in [3.8, 4) is 0 Å². The molecule has 90 valence electrons. The van der Waals surface area contributed by atoms with Gasteiger partial charge in [0, 0.05) is 18.8 Å². The zero-order chi connectivity index (χ0) is 11.8. The number of anilines is 1. The molecule has 0 saturated carbocycles. The molecule has 0 aliphatic carbocycles. The van der Waals surface area contributed by atoms with Crippen molar-refractivity contribution in [1.82, 2.24) is 4.90 Å². The summed E-state index contributed by atoms with van der Waals surface area (Å²) in [5.41, 5.74) is 12.3. The topological polar surface area (TPSA) is 38.5 Å². The summed E-state index contributed by atoms with van der Waals surface area (Å²) in [6.45, 7) is 3.59. The molecule has 1 aromatic carbocycles. The maximum atomic E-state index is 6.01. The average molecular weight is 230 g/mol. The van der Waals surface area contributed by atoms with Crippen molar-refractivity contribution in [2.45, 2.75) is 13.0 Å². The van der Waals surface area contributed by atoms with Crippen LogP contribution < -0.4 is 5.73 Å². The molecular formula is C14H18N2O. The molecule has 0 radical (unpaired) electrons. The lowest BCUT2D eigenvalue weighted by Gasteiger charge is -2.27. The van der Waals surface area contributed by atoms with E-state index in [-0.39, 0.29) is 0 Å². The maximum Gasteiger partial charge on any atom is 0.0724 e. The minimum Gasteiger partial charge on any atom is -0.399 e. The zero-order valence-electron chi connectivity index (χ0n) is 10.2. The summed E-state index contributed by atoms with van der Waals surface area (Å²) in [6, 6.07) is 4.22. The Kier molecular flexibility index (Phi) is 2.65. The Morgan fingerprint density at radius 2 is 2.24 bits per heavy atom. The van der Waals surface area contributed by atoms with Crippen LogP contribution in [0.3, 0.4) is 0 Å². The molecule has 3 heteroatoms. The van der Waals surface area contributed by atoms with Gasteiger partial charge in [0.15, 0.2) is 0 Å². The summed E-state index contributed by atoms with van der Waals surface area (Å²) >= 11 is 0. The van der Waals surface area contributed by atoms with Crippen LogP contribution in [0.25, 0.3) is 5.57 Å². The molecule has 1 aromatic rings. The normalized spacial score (nSPS) is 20.2. The first-order valence-corrected chi connectivity index (χ1v) is 6.11. The highest BCUT2D eigenvalue weighted by molar-refractivity contribution is 5.74. The number of nitrogens with two attached hydrogens (primary N) is 1. The molecule has 17 heavy (non-hydrogen) atoms. The average Bonchev–Trinajstić information content (AvgIpc) is 2.80. The second-order valence-corrected chi connectivity index (χ2v) is 4.94. The van der Waals surface area contributed by atoms with E-state index in [1.165, 1.54) is 22.3 Å². The third-order valence-electron chi connectivity index (χ3n) is 3.60. The Labute approximate surface area is 102 Å². The lowest BCUT2D eigenvalue weighted by Crippen LogP contribution is -2.27. The maximum absolute atomic E-state index is 6.01. The first-order chi connectivity index (χ1) is 8.24. The molecule has 0 saturated heterocycles. The van der Waals surface area contributed by atoms with E-state index < -0.39 is 0 Å². The predicted octanol–water partition coefficient (Wildman–Crippen LogP) is 1.67. The molecule has 2 heterocycles. The number of hydrogen-bond donors (Lipinski definition) is 1. The molecule has 3 rings (SSSR count). The number of ether oxygens (including phenoxy) is 1. The van der Waals surface area contributed by atoms with Crippen molar-refractivity contribution in [3.05, 3.63) is 34.9 Å². The van der Waals surface area contributed by atoms with Gasteiger partial charge >= 0.3 is 0 Å². The molecule has 0 spiro atoms. The van der Waals surface area contributed by atoms with Crippen LogP contribution in [0.15, 0.2) is 18.2 Å². The second kappa shape index (κ2) is 4.17. The zero-order valence-corrected chi connectivity index (χ0v) is 10.2. The Bertz CT molecular complexity index is 479. The van der Waals surface area contributed by atoms with Crippen LogP contribution in [0, 0.1) is 0 Å². The van der Waals surface area contributed by atoms with Gasteiger partial charge in [-0.15, -0.1) is 0 Å². The third-order valence-corrected chi connectivity index (χ3v) is 3.60. The fraction of sp³-hybridized carbons (Fsp3) is 0.429. The van der Waals surface area contributed by atoms with Crippen molar-refractivity contribution >= 4 is 11.3 Å². The predicted molar refractivity (Wildman–Crippen MR) is 69.7 cm³/mol. The fourth-order valence-electron chi connectivity index (χ4n) is 2.73. The van der Waals surface area contributed by atoms with Gasteiger partial charge in [0.05, 0.1) is 13.2 Å². The Morgan fingerprint density at radius 3 is 3.00 bits per heavy atom. The van der Waals surface area contributed by atoms with Gasteiger partial charge in [-0.3, -0.25) is 0 Å². The quantitative estimate of drug-likeness (QED) is 0.746. The van der Waals surface area contributed by atoms with Gasteiger partial charge in [-0.2, -0.15) is 0 Å². The smallest absolute Gasteiger partial charge is 0.0724 e. The van der Waals surface area contributed by atoms with Crippen LogP contribution in [-0.4, -0.2) is 31.7 Å². The summed E-state index contributed by atoms with van der Waals surface area (Å²) in [5, 5.41) is 0.